The highest BCUT2D eigenvalue weighted by molar-refractivity contribution is 7.90. The molecule has 0 radical (unpaired) electrons. The number of nitrogens with one attached hydrogen (secondary N) is 1. The fourth-order valence-corrected chi connectivity index (χ4v) is 2.85. The van der Waals surface area contributed by atoms with Gasteiger partial charge in [-0.1, -0.05) is 0 Å². The molecule has 2 rings (SSSR count). The zero-order valence-electron chi connectivity index (χ0n) is 11.1. The van der Waals surface area contributed by atoms with Gasteiger partial charge in [0, 0.05) is 26.2 Å². The van der Waals surface area contributed by atoms with E-state index < -0.39 is 10.0 Å². The van der Waals surface area contributed by atoms with Gasteiger partial charge in [0.2, 0.25) is 5.96 Å². The van der Waals surface area contributed by atoms with Gasteiger partial charge < -0.3 is 19.7 Å². The lowest BCUT2D eigenvalue weighted by molar-refractivity contribution is 0.354. The van der Waals surface area contributed by atoms with Crippen LogP contribution in [0, 0.1) is 0 Å². The topological polar surface area (TPSA) is 80.2 Å². The number of hydrogen-bond donors (Lipinski definition) is 1. The minimum Gasteiger partial charge on any atom is -0.493 e. The average Bonchev–Trinajstić information content (AvgIpc) is 2.36. The zero-order valence-corrected chi connectivity index (χ0v) is 11.9. The number of nitrogens with zero attached hydrogens (tertiary/aromatic N) is 2. The largest absolute Gasteiger partial charge is 0.493 e. The first-order valence-corrected chi connectivity index (χ1v) is 6.88. The molecule has 1 N–H and O–H groups in total. The Labute approximate surface area is 111 Å². The molecule has 1 heterocycles. The molecule has 0 amide bonds. The molecule has 1 aromatic rings. The van der Waals surface area contributed by atoms with Gasteiger partial charge in [-0.05, 0) is 0 Å². The molecule has 0 unspecified atom stereocenters. The lowest BCUT2D eigenvalue weighted by Gasteiger charge is -2.23. The molecule has 19 heavy (non-hydrogen) atoms. The normalized spacial score (nSPS) is 15.9. The summed E-state index contributed by atoms with van der Waals surface area (Å²) >= 11 is 0. The molecule has 0 saturated heterocycles. The van der Waals surface area contributed by atoms with Gasteiger partial charge in [0.05, 0.1) is 19.9 Å². The van der Waals surface area contributed by atoms with E-state index in [4.69, 9.17) is 9.47 Å². The summed E-state index contributed by atoms with van der Waals surface area (Å²) in [5.41, 5.74) is 0.413. The van der Waals surface area contributed by atoms with Crippen LogP contribution in [-0.4, -0.2) is 47.6 Å². The Morgan fingerprint density at radius 2 is 1.74 bits per heavy atom. The molecule has 0 aromatic heterocycles. The van der Waals surface area contributed by atoms with Crippen LogP contribution < -0.4 is 14.8 Å². The molecule has 8 heteroatoms. The van der Waals surface area contributed by atoms with E-state index in [1.54, 1.807) is 25.1 Å². The minimum atomic E-state index is -3.75. The fraction of sp³-hybridized carbons (Fsp3) is 0.364. The predicted molar refractivity (Wildman–Crippen MR) is 71.5 cm³/mol. The Bertz CT molecular complexity index is 638. The number of benzene rings is 1. The van der Waals surface area contributed by atoms with Crippen molar-refractivity contribution < 1.29 is 17.9 Å². The van der Waals surface area contributed by atoms with Crippen molar-refractivity contribution in [3.05, 3.63) is 12.1 Å². The highest BCUT2D eigenvalue weighted by atomic mass is 32.2. The standard InChI is InChI=1S/C11H15N3O4S/c1-14(2)11-12-7-5-8(17-3)9(18-4)6-10(7)19(15,16)13-11/h5-6H,1-4H3,(H,12,13). The van der Waals surface area contributed by atoms with Gasteiger partial charge in [-0.15, -0.1) is 4.40 Å². The number of sulfonamides is 1. The van der Waals surface area contributed by atoms with Gasteiger partial charge in [0.1, 0.15) is 4.90 Å². The maximum absolute atomic E-state index is 12.1. The summed E-state index contributed by atoms with van der Waals surface area (Å²) in [6.45, 7) is 0. The third-order valence-electron chi connectivity index (χ3n) is 2.64. The average molecular weight is 285 g/mol. The highest BCUT2D eigenvalue weighted by Gasteiger charge is 2.28. The summed E-state index contributed by atoms with van der Waals surface area (Å²) in [6, 6.07) is 2.97. The van der Waals surface area contributed by atoms with Crippen molar-refractivity contribution in [3.8, 4) is 11.5 Å². The van der Waals surface area contributed by atoms with Crippen LogP contribution in [0.5, 0.6) is 11.5 Å². The molecule has 0 bridgehead atoms. The van der Waals surface area contributed by atoms with Crippen molar-refractivity contribution in [1.82, 2.24) is 4.90 Å². The molecule has 0 fully saturated rings. The summed E-state index contributed by atoms with van der Waals surface area (Å²) in [6.07, 6.45) is 0. The van der Waals surface area contributed by atoms with Gasteiger partial charge in [-0.25, -0.2) is 0 Å². The first-order valence-electron chi connectivity index (χ1n) is 5.44. The Kier molecular flexibility index (Phi) is 3.27. The number of fused-ring (bicyclic) bond motifs is 1. The lowest BCUT2D eigenvalue weighted by Crippen LogP contribution is -2.33. The lowest BCUT2D eigenvalue weighted by atomic mass is 10.2. The van der Waals surface area contributed by atoms with E-state index in [2.05, 4.69) is 9.71 Å². The molecule has 0 atom stereocenters. The van der Waals surface area contributed by atoms with E-state index in [0.29, 0.717) is 17.2 Å². The number of ether oxygens (including phenoxy) is 2. The monoisotopic (exact) mass is 285 g/mol. The number of methoxy groups -OCH3 is 2. The van der Waals surface area contributed by atoms with Gasteiger partial charge in [0.15, 0.2) is 11.5 Å². The second-order valence-corrected chi connectivity index (χ2v) is 5.69. The minimum absolute atomic E-state index is 0.0655. The number of hydrogen-bond acceptors (Lipinski definition) is 6. The van der Waals surface area contributed by atoms with Crippen LogP contribution in [0.25, 0.3) is 0 Å². The maximum Gasteiger partial charge on any atom is 0.287 e. The van der Waals surface area contributed by atoms with Crippen molar-refractivity contribution in [2.24, 2.45) is 4.40 Å². The van der Waals surface area contributed by atoms with Gasteiger partial charge >= 0.3 is 0 Å². The molecule has 0 spiro atoms. The highest BCUT2D eigenvalue weighted by Crippen LogP contribution is 2.38. The molecule has 1 aliphatic heterocycles. The molecule has 104 valence electrons. The van der Waals surface area contributed by atoms with Crippen molar-refractivity contribution in [2.75, 3.05) is 33.6 Å². The van der Waals surface area contributed by atoms with Gasteiger partial charge in [-0.2, -0.15) is 8.42 Å². The Morgan fingerprint density at radius 1 is 1.16 bits per heavy atom. The second-order valence-electron chi connectivity index (χ2n) is 4.11. The van der Waals surface area contributed by atoms with E-state index >= 15 is 0 Å². The van der Waals surface area contributed by atoms with Crippen LogP contribution in [0.2, 0.25) is 0 Å². The maximum atomic E-state index is 12.1. The van der Waals surface area contributed by atoms with Gasteiger partial charge in [0.25, 0.3) is 10.0 Å². The van der Waals surface area contributed by atoms with Crippen molar-refractivity contribution >= 4 is 21.7 Å². The summed E-state index contributed by atoms with van der Waals surface area (Å²) in [4.78, 5) is 1.65. The summed E-state index contributed by atoms with van der Waals surface area (Å²) in [5, 5.41) is 2.94. The second kappa shape index (κ2) is 4.61. The molecular weight excluding hydrogens is 270 g/mol. The smallest absolute Gasteiger partial charge is 0.287 e. The number of anilines is 1. The van der Waals surface area contributed by atoms with Crippen LogP contribution in [0.4, 0.5) is 5.69 Å². The van der Waals surface area contributed by atoms with Gasteiger partial charge in [-0.3, -0.25) is 0 Å². The van der Waals surface area contributed by atoms with E-state index in [1.807, 2.05) is 0 Å². The van der Waals surface area contributed by atoms with Crippen molar-refractivity contribution in [3.63, 3.8) is 0 Å². The van der Waals surface area contributed by atoms with E-state index in [-0.39, 0.29) is 10.9 Å². The van der Waals surface area contributed by atoms with Crippen molar-refractivity contribution in [1.29, 1.82) is 0 Å². The first kappa shape index (κ1) is 13.5. The van der Waals surface area contributed by atoms with Crippen molar-refractivity contribution in [2.45, 2.75) is 4.90 Å². The first-order chi connectivity index (χ1) is 8.89. The summed E-state index contributed by atoms with van der Waals surface area (Å²) in [7, 11) is 2.59. The van der Waals surface area contributed by atoms with E-state index in [9.17, 15) is 8.42 Å². The quantitative estimate of drug-likeness (QED) is 0.863. The molecule has 0 aliphatic carbocycles. The van der Waals surface area contributed by atoms with E-state index in [0.717, 1.165) is 0 Å². The van der Waals surface area contributed by atoms with Crippen LogP contribution >= 0.6 is 0 Å². The predicted octanol–water partition coefficient (Wildman–Crippen LogP) is 0.736. The Morgan fingerprint density at radius 3 is 2.26 bits per heavy atom. The SMILES string of the molecule is COc1cc2c(cc1OC)S(=O)(=O)N=C(N(C)C)N2. The Balaban J connectivity index is 2.63. The third kappa shape index (κ3) is 2.30. The number of guanidine groups is 1. The van der Waals surface area contributed by atoms with Crippen LogP contribution in [0.3, 0.4) is 0 Å². The Hall–Kier alpha value is -1.96. The number of rotatable bonds is 2. The van der Waals surface area contributed by atoms with Crippen LogP contribution in [-0.2, 0) is 10.0 Å². The molecule has 1 aromatic carbocycles. The van der Waals surface area contributed by atoms with Crippen LogP contribution in [0.1, 0.15) is 0 Å². The molecule has 7 nitrogen and oxygen atoms in total. The third-order valence-corrected chi connectivity index (χ3v) is 3.95. The fourth-order valence-electron chi connectivity index (χ4n) is 1.67. The zero-order chi connectivity index (χ0) is 14.2. The van der Waals surface area contributed by atoms with E-state index in [1.165, 1.54) is 20.3 Å². The molecule has 1 aliphatic rings. The molecular formula is C11H15N3O4S. The summed E-state index contributed by atoms with van der Waals surface area (Å²) in [5.74, 6) is 1.04. The molecule has 0 saturated carbocycles. The van der Waals surface area contributed by atoms with Crippen LogP contribution in [0.15, 0.2) is 21.4 Å². The summed E-state index contributed by atoms with van der Waals surface area (Å²) < 4.78 is 38.2.